The van der Waals surface area contributed by atoms with Gasteiger partial charge in [0.1, 0.15) is 0 Å². The predicted octanol–water partition coefficient (Wildman–Crippen LogP) is 0.791. The molecule has 7 heteroatoms. The van der Waals surface area contributed by atoms with Gasteiger partial charge in [0.15, 0.2) is 0 Å². The van der Waals surface area contributed by atoms with Gasteiger partial charge in [-0.2, -0.15) is 22.5 Å². The summed E-state index contributed by atoms with van der Waals surface area (Å²) in [6.07, 6.45) is 4.07. The van der Waals surface area contributed by atoms with Gasteiger partial charge in [-0.1, -0.05) is 6.92 Å². The fourth-order valence-corrected chi connectivity index (χ4v) is 4.60. The molecule has 2 atom stereocenters. The van der Waals surface area contributed by atoms with Crippen LogP contribution in [-0.2, 0) is 23.2 Å². The Balaban J connectivity index is 1.62. The maximum absolute atomic E-state index is 12.3. The number of nitrogens with zero attached hydrogens (tertiary/aromatic N) is 2. The monoisotopic (exact) mass is 284 g/mol. The van der Waals surface area contributed by atoms with E-state index in [1.807, 2.05) is 13.0 Å². The minimum atomic E-state index is -3.35. The van der Waals surface area contributed by atoms with E-state index < -0.39 is 10.2 Å². The molecule has 0 spiro atoms. The average molecular weight is 284 g/mol. The predicted molar refractivity (Wildman–Crippen MR) is 71.6 cm³/mol. The number of aromatic nitrogens is 2. The molecule has 2 heterocycles. The van der Waals surface area contributed by atoms with E-state index in [-0.39, 0.29) is 12.6 Å². The zero-order valence-electron chi connectivity index (χ0n) is 11.1. The van der Waals surface area contributed by atoms with Crippen LogP contribution in [0, 0.1) is 5.92 Å². The van der Waals surface area contributed by atoms with Crippen LogP contribution in [-0.4, -0.2) is 35.5 Å². The van der Waals surface area contributed by atoms with Gasteiger partial charge < -0.3 is 0 Å². The quantitative estimate of drug-likeness (QED) is 0.839. The molecule has 0 aromatic carbocycles. The number of piperidine rings is 1. The molecular formula is C12H20N4O2S. The largest absolute Gasteiger partial charge is 0.281 e. The van der Waals surface area contributed by atoms with Gasteiger partial charge >= 0.3 is 0 Å². The minimum Gasteiger partial charge on any atom is -0.281 e. The Hall–Kier alpha value is -0.920. The zero-order chi connectivity index (χ0) is 13.5. The van der Waals surface area contributed by atoms with Crippen molar-refractivity contribution in [3.05, 3.63) is 17.5 Å². The van der Waals surface area contributed by atoms with Crippen LogP contribution in [0.25, 0.3) is 0 Å². The van der Waals surface area contributed by atoms with Crippen LogP contribution in [0.2, 0.25) is 0 Å². The van der Waals surface area contributed by atoms with E-state index in [9.17, 15) is 8.42 Å². The number of nitrogens with one attached hydrogen (secondary N) is 2. The van der Waals surface area contributed by atoms with Crippen LogP contribution in [0.15, 0.2) is 6.07 Å². The molecule has 6 nitrogen and oxygen atoms in total. The summed E-state index contributed by atoms with van der Waals surface area (Å²) >= 11 is 0. The highest BCUT2D eigenvalue weighted by Crippen LogP contribution is 2.38. The lowest BCUT2D eigenvalue weighted by Crippen LogP contribution is -2.44. The number of hydrogen-bond acceptors (Lipinski definition) is 3. The van der Waals surface area contributed by atoms with Crippen molar-refractivity contribution in [2.45, 2.75) is 45.2 Å². The van der Waals surface area contributed by atoms with Crippen LogP contribution in [0.3, 0.4) is 0 Å². The minimum absolute atomic E-state index is 0.218. The molecule has 1 aromatic rings. The number of aromatic amines is 1. The SMILES string of the molecule is CCc1cc(CNS(=O)(=O)N2CC3CCC2C3)[nH]n1. The van der Waals surface area contributed by atoms with E-state index in [1.165, 1.54) is 6.42 Å². The Kier molecular flexibility index (Phi) is 3.36. The topological polar surface area (TPSA) is 78.1 Å². The molecule has 2 fully saturated rings. The van der Waals surface area contributed by atoms with Crippen molar-refractivity contribution in [3.63, 3.8) is 0 Å². The second kappa shape index (κ2) is 4.88. The van der Waals surface area contributed by atoms with Crippen LogP contribution < -0.4 is 4.72 Å². The second-order valence-corrected chi connectivity index (χ2v) is 7.17. The summed E-state index contributed by atoms with van der Waals surface area (Å²) in [6.45, 7) is 2.98. The van der Waals surface area contributed by atoms with E-state index in [2.05, 4.69) is 14.9 Å². The van der Waals surface area contributed by atoms with Gasteiger partial charge in [-0.3, -0.25) is 5.10 Å². The Morgan fingerprint density at radius 2 is 2.37 bits per heavy atom. The highest BCUT2D eigenvalue weighted by Gasteiger charge is 2.43. The van der Waals surface area contributed by atoms with E-state index in [0.29, 0.717) is 12.5 Å². The maximum Gasteiger partial charge on any atom is 0.280 e. The van der Waals surface area contributed by atoms with Crippen molar-refractivity contribution in [3.8, 4) is 0 Å². The molecule has 2 bridgehead atoms. The van der Waals surface area contributed by atoms with E-state index in [1.54, 1.807) is 4.31 Å². The van der Waals surface area contributed by atoms with E-state index in [4.69, 9.17) is 0 Å². The smallest absolute Gasteiger partial charge is 0.280 e. The summed E-state index contributed by atoms with van der Waals surface area (Å²) in [5.41, 5.74) is 1.76. The highest BCUT2D eigenvalue weighted by molar-refractivity contribution is 7.87. The Morgan fingerprint density at radius 1 is 1.53 bits per heavy atom. The molecule has 1 saturated heterocycles. The second-order valence-electron chi connectivity index (χ2n) is 5.47. The van der Waals surface area contributed by atoms with Crippen molar-refractivity contribution in [1.82, 2.24) is 19.2 Å². The number of rotatable bonds is 5. The van der Waals surface area contributed by atoms with Crippen molar-refractivity contribution < 1.29 is 8.42 Å². The van der Waals surface area contributed by atoms with Crippen LogP contribution in [0.5, 0.6) is 0 Å². The van der Waals surface area contributed by atoms with Crippen LogP contribution in [0.4, 0.5) is 0 Å². The average Bonchev–Trinajstić information content (AvgIpc) is 3.12. The third-order valence-corrected chi connectivity index (χ3v) is 5.73. The normalized spacial score (nSPS) is 27.2. The van der Waals surface area contributed by atoms with Gasteiger partial charge in [-0.15, -0.1) is 0 Å². The highest BCUT2D eigenvalue weighted by atomic mass is 32.2. The lowest BCUT2D eigenvalue weighted by Gasteiger charge is -2.25. The first-order valence-electron chi connectivity index (χ1n) is 6.88. The Labute approximate surface area is 113 Å². The molecule has 2 unspecified atom stereocenters. The number of H-pyrrole nitrogens is 1. The molecule has 2 N–H and O–H groups in total. The summed E-state index contributed by atoms with van der Waals surface area (Å²) in [5.74, 6) is 0.570. The molecule has 3 rings (SSSR count). The van der Waals surface area contributed by atoms with Gasteiger partial charge in [0.25, 0.3) is 10.2 Å². The molecule has 1 aliphatic heterocycles. The van der Waals surface area contributed by atoms with Crippen LogP contribution >= 0.6 is 0 Å². The molecule has 2 aliphatic rings. The lowest BCUT2D eigenvalue weighted by atomic mass is 10.1. The summed E-state index contributed by atoms with van der Waals surface area (Å²) in [7, 11) is -3.35. The van der Waals surface area contributed by atoms with Crippen LogP contribution in [0.1, 0.15) is 37.6 Å². The molecule has 1 aromatic heterocycles. The molecule has 0 amide bonds. The molecular weight excluding hydrogens is 264 g/mol. The van der Waals surface area contributed by atoms with Crippen molar-refractivity contribution in [2.75, 3.05) is 6.54 Å². The first kappa shape index (κ1) is 13.1. The molecule has 1 saturated carbocycles. The third kappa shape index (κ3) is 2.54. The molecule has 1 aliphatic carbocycles. The summed E-state index contributed by atoms with van der Waals surface area (Å²) in [5, 5.41) is 6.96. The van der Waals surface area contributed by atoms with E-state index >= 15 is 0 Å². The van der Waals surface area contributed by atoms with Gasteiger partial charge in [-0.05, 0) is 37.7 Å². The van der Waals surface area contributed by atoms with Gasteiger partial charge in [0.05, 0.1) is 17.9 Å². The number of hydrogen-bond donors (Lipinski definition) is 2. The molecule has 0 radical (unpaired) electrons. The van der Waals surface area contributed by atoms with E-state index in [0.717, 1.165) is 30.7 Å². The van der Waals surface area contributed by atoms with Crippen molar-refractivity contribution in [1.29, 1.82) is 0 Å². The Bertz CT molecular complexity index is 554. The summed E-state index contributed by atoms with van der Waals surface area (Å²) < 4.78 is 28.8. The summed E-state index contributed by atoms with van der Waals surface area (Å²) in [4.78, 5) is 0. The standard InChI is InChI=1S/C12H20N4O2S/c1-2-10-6-11(15-14-10)7-13-19(17,18)16-8-9-3-4-12(16)5-9/h6,9,12-13H,2-5,7-8H2,1H3,(H,14,15). The maximum atomic E-state index is 12.3. The van der Waals surface area contributed by atoms with Crippen molar-refractivity contribution in [2.24, 2.45) is 5.92 Å². The third-order valence-electron chi connectivity index (χ3n) is 4.16. The van der Waals surface area contributed by atoms with Gasteiger partial charge in [0, 0.05) is 12.6 Å². The molecule has 106 valence electrons. The number of aryl methyl sites for hydroxylation is 1. The zero-order valence-corrected chi connectivity index (χ0v) is 11.9. The first-order valence-corrected chi connectivity index (χ1v) is 8.32. The first-order chi connectivity index (χ1) is 9.08. The number of fused-ring (bicyclic) bond motifs is 2. The van der Waals surface area contributed by atoms with Gasteiger partial charge in [0.2, 0.25) is 0 Å². The fraction of sp³-hybridized carbons (Fsp3) is 0.750. The lowest BCUT2D eigenvalue weighted by molar-refractivity contribution is 0.328. The summed E-state index contributed by atoms with van der Waals surface area (Å²) in [6, 6.07) is 2.12. The van der Waals surface area contributed by atoms with Gasteiger partial charge in [-0.25, -0.2) is 0 Å². The van der Waals surface area contributed by atoms with Crippen molar-refractivity contribution >= 4 is 10.2 Å². The Morgan fingerprint density at radius 3 is 2.95 bits per heavy atom. The molecule has 19 heavy (non-hydrogen) atoms. The fourth-order valence-electron chi connectivity index (χ4n) is 3.11.